The summed E-state index contributed by atoms with van der Waals surface area (Å²) in [7, 11) is -1.38. The van der Waals surface area contributed by atoms with E-state index in [2.05, 4.69) is 17.2 Å². The molecule has 1 heterocycles. The number of aromatic nitrogens is 1. The Hall–Kier alpha value is -2.44. The Labute approximate surface area is 178 Å². The van der Waals surface area contributed by atoms with Crippen molar-refractivity contribution in [2.45, 2.75) is 32.6 Å². The summed E-state index contributed by atoms with van der Waals surface area (Å²) in [5.41, 5.74) is 3.66. The van der Waals surface area contributed by atoms with Crippen molar-refractivity contribution in [1.29, 1.82) is 0 Å². The number of hydrogen-bond donors (Lipinski definition) is 1. The molecule has 1 N–H and O–H groups in total. The fourth-order valence-electron chi connectivity index (χ4n) is 2.77. The standard InChI is InChI=1S/C22H23ClN2O3S/c1-3-16-4-8-18(9-5-16)22-25-20(15(2)28-22)13-29(27)14-21(26)24-12-17-6-10-19(23)11-7-17/h4-11H,3,12-14H2,1-2H3,(H,24,26)/t29-/m0/s1. The van der Waals surface area contributed by atoms with Crippen molar-refractivity contribution >= 4 is 28.3 Å². The Kier molecular flexibility index (Phi) is 7.23. The Morgan fingerprint density at radius 2 is 1.76 bits per heavy atom. The zero-order valence-electron chi connectivity index (χ0n) is 16.4. The van der Waals surface area contributed by atoms with Crippen LogP contribution in [0.25, 0.3) is 11.5 Å². The first-order valence-electron chi connectivity index (χ1n) is 9.36. The average molecular weight is 431 g/mol. The van der Waals surface area contributed by atoms with E-state index in [4.69, 9.17) is 16.0 Å². The molecule has 0 spiro atoms. The molecule has 0 saturated carbocycles. The summed E-state index contributed by atoms with van der Waals surface area (Å²) in [6.45, 7) is 4.27. The quantitative estimate of drug-likeness (QED) is 0.573. The normalized spacial score (nSPS) is 12.0. The highest BCUT2D eigenvalue weighted by Crippen LogP contribution is 2.23. The van der Waals surface area contributed by atoms with Gasteiger partial charge in [-0.2, -0.15) is 0 Å². The van der Waals surface area contributed by atoms with Gasteiger partial charge in [0.25, 0.3) is 0 Å². The molecule has 1 atom stereocenters. The number of carbonyl (C=O) groups is 1. The van der Waals surface area contributed by atoms with Gasteiger partial charge in [0.05, 0.1) is 11.4 Å². The van der Waals surface area contributed by atoms with Crippen LogP contribution in [0, 0.1) is 6.92 Å². The summed E-state index contributed by atoms with van der Waals surface area (Å²) in [6, 6.07) is 15.2. The van der Waals surface area contributed by atoms with Crippen LogP contribution in [0.4, 0.5) is 0 Å². The van der Waals surface area contributed by atoms with Gasteiger partial charge < -0.3 is 9.73 Å². The lowest BCUT2D eigenvalue weighted by atomic mass is 10.1. The van der Waals surface area contributed by atoms with E-state index in [0.717, 1.165) is 17.5 Å². The van der Waals surface area contributed by atoms with Gasteiger partial charge in [0.2, 0.25) is 11.8 Å². The fourth-order valence-corrected chi connectivity index (χ4v) is 3.97. The molecule has 0 aliphatic carbocycles. The van der Waals surface area contributed by atoms with E-state index < -0.39 is 10.8 Å². The SMILES string of the molecule is CCc1ccc(-c2nc(C[S@](=O)CC(=O)NCc3ccc(Cl)cc3)c(C)o2)cc1. The summed E-state index contributed by atoms with van der Waals surface area (Å²) in [6.07, 6.45) is 0.967. The van der Waals surface area contributed by atoms with Gasteiger partial charge in [0.15, 0.2) is 0 Å². The maximum Gasteiger partial charge on any atom is 0.232 e. The first kappa shape index (κ1) is 21.3. The van der Waals surface area contributed by atoms with Crippen molar-refractivity contribution in [2.24, 2.45) is 0 Å². The molecule has 29 heavy (non-hydrogen) atoms. The molecule has 0 fully saturated rings. The van der Waals surface area contributed by atoms with Crippen LogP contribution in [0.2, 0.25) is 5.02 Å². The third-order valence-corrected chi connectivity index (χ3v) is 5.93. The smallest absolute Gasteiger partial charge is 0.232 e. The first-order chi connectivity index (χ1) is 13.9. The average Bonchev–Trinajstić information content (AvgIpc) is 3.07. The Bertz CT molecular complexity index is 998. The molecule has 152 valence electrons. The minimum absolute atomic E-state index is 0.0829. The van der Waals surface area contributed by atoms with Crippen molar-refractivity contribution in [2.75, 3.05) is 5.75 Å². The van der Waals surface area contributed by atoms with Crippen molar-refractivity contribution in [3.05, 3.63) is 76.1 Å². The van der Waals surface area contributed by atoms with Gasteiger partial charge >= 0.3 is 0 Å². The molecule has 1 amide bonds. The van der Waals surface area contributed by atoms with Crippen LogP contribution < -0.4 is 5.32 Å². The van der Waals surface area contributed by atoms with Crippen LogP contribution in [-0.4, -0.2) is 20.9 Å². The molecular formula is C22H23ClN2O3S. The number of hydrogen-bond acceptors (Lipinski definition) is 4. The van der Waals surface area contributed by atoms with Gasteiger partial charge in [-0.1, -0.05) is 42.8 Å². The van der Waals surface area contributed by atoms with Crippen LogP contribution in [0.15, 0.2) is 52.9 Å². The highest BCUT2D eigenvalue weighted by molar-refractivity contribution is 7.84. The van der Waals surface area contributed by atoms with E-state index in [1.165, 1.54) is 5.56 Å². The zero-order chi connectivity index (χ0) is 20.8. The maximum atomic E-state index is 12.4. The fraction of sp³-hybridized carbons (Fsp3) is 0.273. The number of halogens is 1. The van der Waals surface area contributed by atoms with Crippen LogP contribution >= 0.6 is 11.6 Å². The topological polar surface area (TPSA) is 72.2 Å². The Morgan fingerprint density at radius 1 is 1.10 bits per heavy atom. The number of rotatable bonds is 8. The van der Waals surface area contributed by atoms with Crippen molar-refractivity contribution in [3.63, 3.8) is 0 Å². The van der Waals surface area contributed by atoms with Gasteiger partial charge in [-0.15, -0.1) is 0 Å². The second kappa shape index (κ2) is 9.85. The van der Waals surface area contributed by atoms with Gasteiger partial charge in [-0.3, -0.25) is 9.00 Å². The molecule has 0 unspecified atom stereocenters. The van der Waals surface area contributed by atoms with Gasteiger partial charge in [-0.05, 0) is 48.7 Å². The molecule has 0 aliphatic rings. The lowest BCUT2D eigenvalue weighted by Crippen LogP contribution is -2.28. The third-order valence-electron chi connectivity index (χ3n) is 4.49. The van der Waals surface area contributed by atoms with E-state index in [1.807, 2.05) is 36.4 Å². The molecule has 0 aliphatic heterocycles. The Balaban J connectivity index is 1.55. The molecule has 0 bridgehead atoms. The van der Waals surface area contributed by atoms with Crippen LogP contribution in [-0.2, 0) is 34.3 Å². The summed E-state index contributed by atoms with van der Waals surface area (Å²) < 4.78 is 18.1. The number of benzene rings is 2. The van der Waals surface area contributed by atoms with E-state index in [9.17, 15) is 9.00 Å². The molecule has 7 heteroatoms. The van der Waals surface area contributed by atoms with Crippen LogP contribution in [0.5, 0.6) is 0 Å². The van der Waals surface area contributed by atoms with E-state index in [0.29, 0.717) is 28.9 Å². The largest absolute Gasteiger partial charge is 0.441 e. The molecule has 0 radical (unpaired) electrons. The monoisotopic (exact) mass is 430 g/mol. The van der Waals surface area contributed by atoms with E-state index in [-0.39, 0.29) is 17.4 Å². The minimum atomic E-state index is -1.38. The second-order valence-corrected chi connectivity index (χ2v) is 8.60. The molecular weight excluding hydrogens is 408 g/mol. The van der Waals surface area contributed by atoms with Crippen molar-refractivity contribution in [1.82, 2.24) is 10.3 Å². The number of carbonyl (C=O) groups excluding carboxylic acids is 1. The van der Waals surface area contributed by atoms with Crippen molar-refractivity contribution in [3.8, 4) is 11.5 Å². The third kappa shape index (κ3) is 6.02. The number of nitrogens with one attached hydrogen (secondary N) is 1. The summed E-state index contributed by atoms with van der Waals surface area (Å²) in [5, 5.41) is 3.42. The first-order valence-corrected chi connectivity index (χ1v) is 11.2. The lowest BCUT2D eigenvalue weighted by molar-refractivity contribution is -0.118. The number of amides is 1. The zero-order valence-corrected chi connectivity index (χ0v) is 18.0. The molecule has 2 aromatic carbocycles. The van der Waals surface area contributed by atoms with Crippen LogP contribution in [0.3, 0.4) is 0 Å². The molecule has 3 rings (SSSR count). The number of nitrogens with zero attached hydrogens (tertiary/aromatic N) is 1. The summed E-state index contributed by atoms with van der Waals surface area (Å²) >= 11 is 5.85. The molecule has 0 saturated heterocycles. The summed E-state index contributed by atoms with van der Waals surface area (Å²) in [5.74, 6) is 0.950. The van der Waals surface area contributed by atoms with E-state index in [1.54, 1.807) is 19.1 Å². The number of oxazole rings is 1. The summed E-state index contributed by atoms with van der Waals surface area (Å²) in [4.78, 5) is 16.6. The van der Waals surface area contributed by atoms with Gasteiger partial charge in [0, 0.05) is 27.9 Å². The maximum absolute atomic E-state index is 12.4. The van der Waals surface area contributed by atoms with Crippen LogP contribution in [0.1, 0.15) is 29.5 Å². The molecule has 1 aromatic heterocycles. The predicted octanol–water partition coefficient (Wildman–Crippen LogP) is 4.43. The predicted molar refractivity (Wildman–Crippen MR) is 116 cm³/mol. The van der Waals surface area contributed by atoms with Crippen molar-refractivity contribution < 1.29 is 13.4 Å². The highest BCUT2D eigenvalue weighted by atomic mass is 35.5. The second-order valence-electron chi connectivity index (χ2n) is 6.70. The Morgan fingerprint density at radius 3 is 2.41 bits per heavy atom. The molecule has 3 aromatic rings. The van der Waals surface area contributed by atoms with Gasteiger partial charge in [-0.25, -0.2) is 4.98 Å². The van der Waals surface area contributed by atoms with E-state index >= 15 is 0 Å². The lowest BCUT2D eigenvalue weighted by Gasteiger charge is -2.05. The molecule has 5 nitrogen and oxygen atoms in total. The highest BCUT2D eigenvalue weighted by Gasteiger charge is 2.16. The minimum Gasteiger partial charge on any atom is -0.441 e. The number of aryl methyl sites for hydroxylation is 2. The van der Waals surface area contributed by atoms with Gasteiger partial charge in [0.1, 0.15) is 11.5 Å².